The summed E-state index contributed by atoms with van der Waals surface area (Å²) in [5.74, 6) is -0.476. The zero-order valence-electron chi connectivity index (χ0n) is 16.9. The zero-order chi connectivity index (χ0) is 21.6. The number of hydrogen-bond donors (Lipinski definition) is 3. The van der Waals surface area contributed by atoms with Gasteiger partial charge in [0.1, 0.15) is 6.54 Å². The predicted octanol–water partition coefficient (Wildman–Crippen LogP) is 1.74. The number of nitrogens with zero attached hydrogens (tertiary/aromatic N) is 2. The summed E-state index contributed by atoms with van der Waals surface area (Å²) in [6.45, 7) is 0.582. The number of hydrogen-bond acceptors (Lipinski definition) is 4. The Morgan fingerprint density at radius 3 is 2.55 bits per heavy atom. The molecule has 158 valence electrons. The molecule has 4 aromatic rings. The van der Waals surface area contributed by atoms with Crippen molar-refractivity contribution in [3.63, 3.8) is 0 Å². The maximum absolute atomic E-state index is 12.4. The van der Waals surface area contributed by atoms with Crippen molar-refractivity contribution in [2.45, 2.75) is 19.4 Å². The summed E-state index contributed by atoms with van der Waals surface area (Å²) in [5, 5.41) is 7.16. The molecule has 2 heterocycles. The first-order valence-electron chi connectivity index (χ1n) is 10.1. The Kier molecular flexibility index (Phi) is 6.07. The molecule has 0 saturated carbocycles. The van der Waals surface area contributed by atoms with Gasteiger partial charge in [0.25, 0.3) is 5.56 Å². The van der Waals surface area contributed by atoms with E-state index in [1.165, 1.54) is 10.9 Å². The van der Waals surface area contributed by atoms with Crippen LogP contribution < -0.4 is 16.2 Å². The van der Waals surface area contributed by atoms with E-state index in [4.69, 9.17) is 0 Å². The summed E-state index contributed by atoms with van der Waals surface area (Å²) in [5.41, 5.74) is 2.55. The summed E-state index contributed by atoms with van der Waals surface area (Å²) < 4.78 is 1.26. The first-order chi connectivity index (χ1) is 15.1. The molecule has 0 saturated heterocycles. The van der Waals surface area contributed by atoms with Crippen molar-refractivity contribution in [2.75, 3.05) is 13.1 Å². The SMILES string of the molecule is O=C(CCNC(=O)Cn1cnc2ccccc2c1=O)NCCc1c[nH]c2ccccc12. The highest BCUT2D eigenvalue weighted by Gasteiger charge is 2.09. The van der Waals surface area contributed by atoms with Crippen molar-refractivity contribution >= 4 is 33.6 Å². The van der Waals surface area contributed by atoms with E-state index in [0.29, 0.717) is 17.4 Å². The minimum Gasteiger partial charge on any atom is -0.361 e. The molecule has 0 aliphatic rings. The van der Waals surface area contributed by atoms with Crippen LogP contribution in [0.2, 0.25) is 0 Å². The van der Waals surface area contributed by atoms with Crippen molar-refractivity contribution in [1.29, 1.82) is 0 Å². The molecule has 0 radical (unpaired) electrons. The van der Waals surface area contributed by atoms with E-state index in [9.17, 15) is 14.4 Å². The standard InChI is InChI=1S/C23H23N5O3/c29-21(24-11-9-16-13-26-19-7-3-1-5-17(16)19)10-12-25-22(30)14-28-15-27-20-8-4-2-6-18(20)23(28)31/h1-8,13,15,26H,9-12,14H2,(H,24,29)(H,25,30). The average Bonchev–Trinajstić information content (AvgIpc) is 3.19. The molecule has 0 aliphatic heterocycles. The average molecular weight is 417 g/mol. The Labute approximate surface area is 178 Å². The molecular weight excluding hydrogens is 394 g/mol. The molecule has 0 fully saturated rings. The summed E-state index contributed by atoms with van der Waals surface area (Å²) in [6.07, 6.45) is 4.22. The fourth-order valence-corrected chi connectivity index (χ4v) is 3.51. The van der Waals surface area contributed by atoms with E-state index in [0.717, 1.165) is 22.9 Å². The molecule has 0 spiro atoms. The Hall–Kier alpha value is -3.94. The Balaban J connectivity index is 1.20. The van der Waals surface area contributed by atoms with Crippen molar-refractivity contribution < 1.29 is 9.59 Å². The van der Waals surface area contributed by atoms with Crippen LogP contribution in [-0.2, 0) is 22.6 Å². The van der Waals surface area contributed by atoms with Gasteiger partial charge in [-0.2, -0.15) is 0 Å². The number of aromatic amines is 1. The van der Waals surface area contributed by atoms with Gasteiger partial charge in [-0.05, 0) is 30.2 Å². The highest BCUT2D eigenvalue weighted by molar-refractivity contribution is 5.83. The van der Waals surface area contributed by atoms with Crippen LogP contribution in [0.3, 0.4) is 0 Å². The van der Waals surface area contributed by atoms with Crippen LogP contribution in [0.15, 0.2) is 65.8 Å². The second kappa shape index (κ2) is 9.25. The number of fused-ring (bicyclic) bond motifs is 2. The van der Waals surface area contributed by atoms with E-state index in [1.807, 2.05) is 24.4 Å². The Morgan fingerprint density at radius 1 is 0.935 bits per heavy atom. The summed E-state index contributed by atoms with van der Waals surface area (Å²) >= 11 is 0. The summed E-state index contributed by atoms with van der Waals surface area (Å²) in [4.78, 5) is 44.0. The van der Waals surface area contributed by atoms with Gasteiger partial charge in [-0.15, -0.1) is 0 Å². The van der Waals surface area contributed by atoms with Gasteiger partial charge in [0.2, 0.25) is 11.8 Å². The number of H-pyrrole nitrogens is 1. The zero-order valence-corrected chi connectivity index (χ0v) is 16.9. The Morgan fingerprint density at radius 2 is 1.68 bits per heavy atom. The quantitative estimate of drug-likeness (QED) is 0.406. The largest absolute Gasteiger partial charge is 0.361 e. The first kappa shape index (κ1) is 20.3. The lowest BCUT2D eigenvalue weighted by molar-refractivity contribution is -0.122. The number of aromatic nitrogens is 3. The molecule has 3 N–H and O–H groups in total. The smallest absolute Gasteiger partial charge is 0.261 e. The molecule has 2 aromatic heterocycles. The summed E-state index contributed by atoms with van der Waals surface area (Å²) in [7, 11) is 0. The van der Waals surface area contributed by atoms with Gasteiger partial charge in [0.05, 0.1) is 17.2 Å². The molecule has 8 nitrogen and oxygen atoms in total. The van der Waals surface area contributed by atoms with Crippen molar-refractivity contribution in [3.8, 4) is 0 Å². The van der Waals surface area contributed by atoms with Gasteiger partial charge in [0, 0.05) is 36.6 Å². The lowest BCUT2D eigenvalue weighted by atomic mass is 10.1. The molecule has 0 aliphatic carbocycles. The second-order valence-electron chi connectivity index (χ2n) is 7.25. The number of para-hydroxylation sites is 2. The lowest BCUT2D eigenvalue weighted by Crippen LogP contribution is -2.35. The summed E-state index contributed by atoms with van der Waals surface area (Å²) in [6, 6.07) is 15.0. The van der Waals surface area contributed by atoms with Crippen molar-refractivity contribution in [3.05, 3.63) is 77.0 Å². The van der Waals surface area contributed by atoms with Crippen LogP contribution in [0.5, 0.6) is 0 Å². The maximum Gasteiger partial charge on any atom is 0.261 e. The molecule has 0 unspecified atom stereocenters. The molecular formula is C23H23N5O3. The minimum absolute atomic E-state index is 0.135. The second-order valence-corrected chi connectivity index (χ2v) is 7.25. The van der Waals surface area contributed by atoms with Crippen molar-refractivity contribution in [1.82, 2.24) is 25.2 Å². The van der Waals surface area contributed by atoms with Gasteiger partial charge in [-0.3, -0.25) is 19.0 Å². The number of nitrogens with one attached hydrogen (secondary N) is 3. The monoisotopic (exact) mass is 417 g/mol. The molecule has 2 aromatic carbocycles. The number of amides is 2. The molecule has 0 bridgehead atoms. The normalized spacial score (nSPS) is 11.0. The van der Waals surface area contributed by atoms with Gasteiger partial charge < -0.3 is 15.6 Å². The van der Waals surface area contributed by atoms with Gasteiger partial charge >= 0.3 is 0 Å². The third-order valence-electron chi connectivity index (χ3n) is 5.11. The van der Waals surface area contributed by atoms with E-state index in [-0.39, 0.29) is 36.9 Å². The number of carbonyl (C=O) groups excluding carboxylic acids is 2. The van der Waals surface area contributed by atoms with E-state index in [1.54, 1.807) is 24.3 Å². The molecule has 4 rings (SSSR count). The molecule has 8 heteroatoms. The molecule has 31 heavy (non-hydrogen) atoms. The first-order valence-corrected chi connectivity index (χ1v) is 10.1. The fraction of sp³-hybridized carbons (Fsp3) is 0.217. The number of benzene rings is 2. The fourth-order valence-electron chi connectivity index (χ4n) is 3.51. The third kappa shape index (κ3) is 4.80. The Bertz CT molecular complexity index is 1290. The highest BCUT2D eigenvalue weighted by Crippen LogP contribution is 2.17. The topological polar surface area (TPSA) is 109 Å². The van der Waals surface area contributed by atoms with Crippen LogP contribution in [-0.4, -0.2) is 39.4 Å². The predicted molar refractivity (Wildman–Crippen MR) is 119 cm³/mol. The lowest BCUT2D eigenvalue weighted by Gasteiger charge is -2.08. The maximum atomic E-state index is 12.4. The van der Waals surface area contributed by atoms with Crippen LogP contribution in [0, 0.1) is 0 Å². The van der Waals surface area contributed by atoms with Crippen LogP contribution in [0.25, 0.3) is 21.8 Å². The van der Waals surface area contributed by atoms with Crippen LogP contribution in [0.4, 0.5) is 0 Å². The third-order valence-corrected chi connectivity index (χ3v) is 5.11. The van der Waals surface area contributed by atoms with Crippen LogP contribution in [0.1, 0.15) is 12.0 Å². The van der Waals surface area contributed by atoms with Gasteiger partial charge in [-0.1, -0.05) is 30.3 Å². The highest BCUT2D eigenvalue weighted by atomic mass is 16.2. The van der Waals surface area contributed by atoms with Crippen LogP contribution >= 0.6 is 0 Å². The van der Waals surface area contributed by atoms with E-state index in [2.05, 4.69) is 26.7 Å². The van der Waals surface area contributed by atoms with E-state index < -0.39 is 0 Å². The number of rotatable bonds is 8. The van der Waals surface area contributed by atoms with Gasteiger partial charge in [-0.25, -0.2) is 4.98 Å². The minimum atomic E-state index is -0.342. The van der Waals surface area contributed by atoms with Crippen molar-refractivity contribution in [2.24, 2.45) is 0 Å². The molecule has 0 atom stereocenters. The van der Waals surface area contributed by atoms with E-state index >= 15 is 0 Å². The number of carbonyl (C=O) groups is 2. The molecule has 2 amide bonds. The van der Waals surface area contributed by atoms with Gasteiger partial charge in [0.15, 0.2) is 0 Å².